The van der Waals surface area contributed by atoms with Crippen molar-refractivity contribution in [3.8, 4) is 0 Å². The number of ketones is 1. The molecule has 0 amide bonds. The van der Waals surface area contributed by atoms with Crippen LogP contribution in [0.3, 0.4) is 0 Å². The molecule has 0 unspecified atom stereocenters. The molecule has 0 radical (unpaired) electrons. The van der Waals surface area contributed by atoms with E-state index >= 15 is 0 Å². The van der Waals surface area contributed by atoms with E-state index in [-0.39, 0.29) is 43.5 Å². The van der Waals surface area contributed by atoms with Gasteiger partial charge in [0.15, 0.2) is 0 Å². The van der Waals surface area contributed by atoms with Crippen LogP contribution in [0.2, 0.25) is 0 Å². The normalized spacial score (nSPS) is 11.0. The Kier molecular flexibility index (Phi) is 8.13. The Balaban J connectivity index is 2.77. The Labute approximate surface area is 181 Å². The molecule has 0 fully saturated rings. The summed E-state index contributed by atoms with van der Waals surface area (Å²) in [4.78, 5) is 52.4. The maximum absolute atomic E-state index is 13.1. The molecule has 0 aliphatic carbocycles. The zero-order chi connectivity index (χ0) is 23.0. The van der Waals surface area contributed by atoms with Gasteiger partial charge in [0.1, 0.15) is 0 Å². The first kappa shape index (κ1) is 23.9. The van der Waals surface area contributed by atoms with Crippen LogP contribution in [0.5, 0.6) is 0 Å². The first-order valence-electron chi connectivity index (χ1n) is 10.2. The van der Waals surface area contributed by atoms with E-state index in [1.165, 1.54) is 16.7 Å². The van der Waals surface area contributed by atoms with Crippen molar-refractivity contribution >= 4 is 23.7 Å². The molecule has 0 N–H and O–H groups in total. The minimum absolute atomic E-state index is 0.0374. The minimum Gasteiger partial charge on any atom is -0.464 e. The molecule has 0 saturated carbocycles. The molecule has 0 atom stereocenters. The van der Waals surface area contributed by atoms with Gasteiger partial charge >= 0.3 is 17.9 Å². The molecule has 1 aromatic heterocycles. The SMILES string of the molecule is CCOC(=O)C(C(=O)OCC)(C(=O)OCC)c1ccc(C(=O)c2ccccc2)n1CC. The lowest BCUT2D eigenvalue weighted by Crippen LogP contribution is -2.54. The van der Waals surface area contributed by atoms with Gasteiger partial charge in [-0.1, -0.05) is 30.3 Å². The Bertz CT molecular complexity index is 901. The summed E-state index contributed by atoms with van der Waals surface area (Å²) in [5.74, 6) is -3.66. The fraction of sp³-hybridized carbons (Fsp3) is 0.391. The van der Waals surface area contributed by atoms with E-state index in [4.69, 9.17) is 14.2 Å². The van der Waals surface area contributed by atoms with Crippen LogP contribution in [0, 0.1) is 0 Å². The highest BCUT2D eigenvalue weighted by molar-refractivity contribution is 6.24. The monoisotopic (exact) mass is 429 g/mol. The number of rotatable bonds is 10. The largest absolute Gasteiger partial charge is 0.464 e. The van der Waals surface area contributed by atoms with Crippen molar-refractivity contribution in [1.29, 1.82) is 0 Å². The van der Waals surface area contributed by atoms with Crippen LogP contribution in [0.1, 0.15) is 49.4 Å². The summed E-state index contributed by atoms with van der Waals surface area (Å²) in [6.45, 7) is 6.41. The van der Waals surface area contributed by atoms with Crippen molar-refractivity contribution in [2.45, 2.75) is 39.7 Å². The zero-order valence-corrected chi connectivity index (χ0v) is 18.2. The summed E-state index contributed by atoms with van der Waals surface area (Å²) >= 11 is 0. The zero-order valence-electron chi connectivity index (χ0n) is 18.2. The molecule has 0 spiro atoms. The van der Waals surface area contributed by atoms with Gasteiger partial charge in [0, 0.05) is 12.1 Å². The van der Waals surface area contributed by atoms with Crippen LogP contribution in [0.4, 0.5) is 0 Å². The lowest BCUT2D eigenvalue weighted by Gasteiger charge is -2.28. The topological polar surface area (TPSA) is 101 Å². The highest BCUT2D eigenvalue weighted by atomic mass is 16.6. The first-order valence-corrected chi connectivity index (χ1v) is 10.2. The summed E-state index contributed by atoms with van der Waals surface area (Å²) in [6, 6.07) is 11.4. The van der Waals surface area contributed by atoms with Crippen molar-refractivity contribution in [3.05, 3.63) is 59.4 Å². The Morgan fingerprint density at radius 3 is 1.65 bits per heavy atom. The third-order valence-corrected chi connectivity index (χ3v) is 4.69. The van der Waals surface area contributed by atoms with Crippen molar-refractivity contribution in [2.75, 3.05) is 19.8 Å². The first-order chi connectivity index (χ1) is 14.9. The predicted molar refractivity (Wildman–Crippen MR) is 112 cm³/mol. The van der Waals surface area contributed by atoms with Gasteiger partial charge < -0.3 is 18.8 Å². The van der Waals surface area contributed by atoms with Crippen LogP contribution < -0.4 is 0 Å². The number of aromatic nitrogens is 1. The smallest absolute Gasteiger partial charge is 0.341 e. The molecule has 1 heterocycles. The van der Waals surface area contributed by atoms with Gasteiger partial charge in [-0.2, -0.15) is 0 Å². The Morgan fingerprint density at radius 2 is 1.23 bits per heavy atom. The van der Waals surface area contributed by atoms with Crippen molar-refractivity contribution in [3.63, 3.8) is 0 Å². The molecule has 2 rings (SSSR count). The molecule has 0 aliphatic rings. The number of hydrogen-bond donors (Lipinski definition) is 0. The number of carbonyl (C=O) groups is 4. The molecule has 166 valence electrons. The third kappa shape index (κ3) is 4.38. The lowest BCUT2D eigenvalue weighted by atomic mass is 9.84. The van der Waals surface area contributed by atoms with Crippen LogP contribution in [0.15, 0.2) is 42.5 Å². The molecular formula is C23H27NO7. The maximum Gasteiger partial charge on any atom is 0.341 e. The molecule has 8 nitrogen and oxygen atoms in total. The maximum atomic E-state index is 13.1. The number of esters is 3. The highest BCUT2D eigenvalue weighted by Gasteiger charge is 2.61. The second-order valence-corrected chi connectivity index (χ2v) is 6.45. The summed E-state index contributed by atoms with van der Waals surface area (Å²) in [7, 11) is 0. The predicted octanol–water partition coefficient (Wildman–Crippen LogP) is 2.67. The molecule has 31 heavy (non-hydrogen) atoms. The molecule has 8 heteroatoms. The van der Waals surface area contributed by atoms with E-state index in [0.717, 1.165) is 0 Å². The van der Waals surface area contributed by atoms with Crippen molar-refractivity contribution in [2.24, 2.45) is 0 Å². The van der Waals surface area contributed by atoms with E-state index in [0.29, 0.717) is 5.56 Å². The van der Waals surface area contributed by atoms with Gasteiger partial charge in [0.25, 0.3) is 5.41 Å². The van der Waals surface area contributed by atoms with Crippen molar-refractivity contribution in [1.82, 2.24) is 4.57 Å². The van der Waals surface area contributed by atoms with Crippen molar-refractivity contribution < 1.29 is 33.4 Å². The summed E-state index contributed by atoms with van der Waals surface area (Å²) in [5.41, 5.74) is -1.90. The average molecular weight is 429 g/mol. The van der Waals surface area contributed by atoms with Gasteiger partial charge in [-0.25, -0.2) is 14.4 Å². The molecule has 0 aliphatic heterocycles. The number of hydrogen-bond acceptors (Lipinski definition) is 7. The second kappa shape index (κ2) is 10.6. The molecule has 1 aromatic carbocycles. The second-order valence-electron chi connectivity index (χ2n) is 6.45. The Hall–Kier alpha value is -3.42. The summed E-state index contributed by atoms with van der Waals surface area (Å²) in [5, 5.41) is 0. The minimum atomic E-state index is -2.51. The number of nitrogens with zero attached hydrogens (tertiary/aromatic N) is 1. The number of benzene rings is 1. The van der Waals surface area contributed by atoms with Gasteiger partial charge in [-0.3, -0.25) is 4.79 Å². The van der Waals surface area contributed by atoms with E-state index in [1.807, 2.05) is 0 Å². The Morgan fingerprint density at radius 1 is 0.742 bits per heavy atom. The lowest BCUT2D eigenvalue weighted by molar-refractivity contribution is -0.176. The van der Waals surface area contributed by atoms with E-state index in [9.17, 15) is 19.2 Å². The van der Waals surface area contributed by atoms with Gasteiger partial charge in [0.05, 0.1) is 31.2 Å². The number of carbonyl (C=O) groups excluding carboxylic acids is 4. The molecule has 2 aromatic rings. The standard InChI is InChI=1S/C23H27NO7/c1-5-24-17(19(25)16-12-10-9-11-13-16)14-15-18(24)23(20(26)29-6-2,21(27)30-7-3)22(28)31-8-4/h9-15H,5-8H2,1-4H3. The van der Waals surface area contributed by atoms with Gasteiger partial charge in [-0.15, -0.1) is 0 Å². The number of ether oxygens (including phenoxy) is 3. The van der Waals surface area contributed by atoms with Crippen LogP contribution in [-0.4, -0.2) is 48.1 Å². The highest BCUT2D eigenvalue weighted by Crippen LogP contribution is 2.32. The fourth-order valence-corrected chi connectivity index (χ4v) is 3.35. The van der Waals surface area contributed by atoms with Crippen LogP contribution in [0.25, 0.3) is 0 Å². The van der Waals surface area contributed by atoms with Gasteiger partial charge in [-0.05, 0) is 39.8 Å². The molecule has 0 saturated heterocycles. The quantitative estimate of drug-likeness (QED) is 0.248. The summed E-state index contributed by atoms with van der Waals surface area (Å²) in [6.07, 6.45) is 0. The molecule has 0 bridgehead atoms. The summed E-state index contributed by atoms with van der Waals surface area (Å²) < 4.78 is 16.8. The third-order valence-electron chi connectivity index (χ3n) is 4.69. The van der Waals surface area contributed by atoms with Crippen LogP contribution in [-0.2, 0) is 40.6 Å². The average Bonchev–Trinajstić information content (AvgIpc) is 3.19. The van der Waals surface area contributed by atoms with E-state index in [2.05, 4.69) is 0 Å². The fourth-order valence-electron chi connectivity index (χ4n) is 3.35. The van der Waals surface area contributed by atoms with E-state index in [1.54, 1.807) is 58.0 Å². The van der Waals surface area contributed by atoms with Gasteiger partial charge in [0.2, 0.25) is 5.78 Å². The molecular weight excluding hydrogens is 402 g/mol. The van der Waals surface area contributed by atoms with Crippen LogP contribution >= 0.6 is 0 Å². The van der Waals surface area contributed by atoms with E-state index < -0.39 is 23.3 Å².